The van der Waals surface area contributed by atoms with Crippen LogP contribution in [0, 0.1) is 29.6 Å². The number of fused-ring (bicyclic) bond motifs is 5. The van der Waals surface area contributed by atoms with E-state index in [9.17, 15) is 0 Å². The van der Waals surface area contributed by atoms with Crippen molar-refractivity contribution in [1.29, 1.82) is 0 Å². The molecule has 0 saturated heterocycles. The molecule has 1 aromatic rings. The SMILES string of the molecule is CNC(c1cncc(OC(C)C)c1)C1C2C3CCC(C3)C21. The molecule has 2 bridgehead atoms. The number of pyridine rings is 1. The molecule has 114 valence electrons. The van der Waals surface area contributed by atoms with E-state index in [1.807, 2.05) is 12.4 Å². The summed E-state index contributed by atoms with van der Waals surface area (Å²) in [6.07, 6.45) is 8.52. The van der Waals surface area contributed by atoms with E-state index in [0.29, 0.717) is 6.04 Å². The maximum Gasteiger partial charge on any atom is 0.138 e. The minimum absolute atomic E-state index is 0.200. The number of aromatic nitrogens is 1. The van der Waals surface area contributed by atoms with Crippen molar-refractivity contribution in [2.75, 3.05) is 7.05 Å². The van der Waals surface area contributed by atoms with Crippen LogP contribution in [-0.4, -0.2) is 18.1 Å². The number of ether oxygens (including phenoxy) is 1. The molecule has 4 rings (SSSR count). The predicted octanol–water partition coefficient (Wildman–Crippen LogP) is 3.42. The highest BCUT2D eigenvalue weighted by molar-refractivity contribution is 5.30. The molecule has 21 heavy (non-hydrogen) atoms. The standard InChI is InChI=1S/C18H26N2O/c1-10(2)21-14-7-13(8-20-9-14)18(19-3)17-15-11-4-5-12(6-11)16(15)17/h7-12,15-19H,4-6H2,1-3H3. The minimum atomic E-state index is 0.200. The van der Waals surface area contributed by atoms with Crippen molar-refractivity contribution in [3.63, 3.8) is 0 Å². The van der Waals surface area contributed by atoms with Crippen molar-refractivity contribution in [2.45, 2.75) is 45.3 Å². The third-order valence-electron chi connectivity index (χ3n) is 5.96. The van der Waals surface area contributed by atoms with Gasteiger partial charge in [0.15, 0.2) is 0 Å². The van der Waals surface area contributed by atoms with E-state index >= 15 is 0 Å². The zero-order valence-corrected chi connectivity index (χ0v) is 13.3. The molecule has 0 aromatic carbocycles. The normalized spacial score (nSPS) is 37.6. The molecule has 0 amide bonds. The molecule has 0 spiro atoms. The summed E-state index contributed by atoms with van der Waals surface area (Å²) in [5.74, 6) is 5.73. The average molecular weight is 286 g/mol. The van der Waals surface area contributed by atoms with Crippen molar-refractivity contribution in [1.82, 2.24) is 10.3 Å². The van der Waals surface area contributed by atoms with E-state index < -0.39 is 0 Å². The third kappa shape index (κ3) is 2.17. The van der Waals surface area contributed by atoms with E-state index in [2.05, 4.69) is 37.3 Å². The van der Waals surface area contributed by atoms with Crippen LogP contribution in [0.5, 0.6) is 5.75 Å². The van der Waals surface area contributed by atoms with Crippen molar-refractivity contribution in [3.8, 4) is 5.75 Å². The van der Waals surface area contributed by atoms with Gasteiger partial charge in [0.2, 0.25) is 0 Å². The zero-order chi connectivity index (χ0) is 14.6. The molecular weight excluding hydrogens is 260 g/mol. The first-order valence-electron chi connectivity index (χ1n) is 8.48. The lowest BCUT2D eigenvalue weighted by Gasteiger charge is -2.21. The smallest absolute Gasteiger partial charge is 0.138 e. The number of nitrogens with one attached hydrogen (secondary N) is 1. The predicted molar refractivity (Wildman–Crippen MR) is 83.1 cm³/mol. The van der Waals surface area contributed by atoms with Crippen molar-refractivity contribution < 1.29 is 4.74 Å². The minimum Gasteiger partial charge on any atom is -0.489 e. The highest BCUT2D eigenvalue weighted by Crippen LogP contribution is 2.72. The van der Waals surface area contributed by atoms with Crippen LogP contribution in [0.3, 0.4) is 0 Å². The number of hydrogen-bond donors (Lipinski definition) is 1. The first kappa shape index (κ1) is 13.6. The van der Waals surface area contributed by atoms with Gasteiger partial charge < -0.3 is 10.1 Å². The Kier molecular flexibility index (Phi) is 3.21. The van der Waals surface area contributed by atoms with Crippen LogP contribution in [0.2, 0.25) is 0 Å². The molecule has 3 saturated carbocycles. The lowest BCUT2D eigenvalue weighted by molar-refractivity contribution is 0.241. The first-order valence-corrected chi connectivity index (χ1v) is 8.48. The Morgan fingerprint density at radius 3 is 2.52 bits per heavy atom. The van der Waals surface area contributed by atoms with Crippen LogP contribution in [0.1, 0.15) is 44.7 Å². The fraction of sp³-hybridized carbons (Fsp3) is 0.722. The summed E-state index contributed by atoms with van der Waals surface area (Å²) in [7, 11) is 2.09. The maximum absolute atomic E-state index is 5.81. The molecule has 1 heterocycles. The van der Waals surface area contributed by atoms with E-state index in [1.165, 1.54) is 24.8 Å². The highest BCUT2D eigenvalue weighted by Gasteiger charge is 2.66. The number of hydrogen-bond acceptors (Lipinski definition) is 3. The summed E-state index contributed by atoms with van der Waals surface area (Å²) >= 11 is 0. The second-order valence-corrected chi connectivity index (χ2v) is 7.45. The molecule has 5 unspecified atom stereocenters. The molecule has 1 N–H and O–H groups in total. The van der Waals surface area contributed by atoms with Crippen molar-refractivity contribution in [3.05, 3.63) is 24.0 Å². The third-order valence-corrected chi connectivity index (χ3v) is 5.96. The van der Waals surface area contributed by atoms with Gasteiger partial charge in [0, 0.05) is 12.2 Å². The average Bonchev–Trinajstić information content (AvgIpc) is 2.88. The quantitative estimate of drug-likeness (QED) is 0.900. The largest absolute Gasteiger partial charge is 0.489 e. The Morgan fingerprint density at radius 2 is 1.90 bits per heavy atom. The van der Waals surface area contributed by atoms with Gasteiger partial charge in [0.05, 0.1) is 12.3 Å². The van der Waals surface area contributed by atoms with E-state index in [0.717, 1.165) is 35.3 Å². The summed E-state index contributed by atoms with van der Waals surface area (Å²) in [6, 6.07) is 2.64. The van der Waals surface area contributed by atoms with Crippen LogP contribution in [-0.2, 0) is 0 Å². The van der Waals surface area contributed by atoms with Crippen molar-refractivity contribution in [2.24, 2.45) is 29.6 Å². The lowest BCUT2D eigenvalue weighted by atomic mass is 9.94. The zero-order valence-electron chi connectivity index (χ0n) is 13.3. The molecule has 1 aromatic heterocycles. The molecule has 3 nitrogen and oxygen atoms in total. The molecule has 3 heteroatoms. The molecule has 3 aliphatic rings. The highest BCUT2D eigenvalue weighted by atomic mass is 16.5. The summed E-state index contributed by atoms with van der Waals surface area (Å²) in [6.45, 7) is 4.12. The Hall–Kier alpha value is -1.09. The van der Waals surface area contributed by atoms with Crippen molar-refractivity contribution >= 4 is 0 Å². The van der Waals surface area contributed by atoms with Gasteiger partial charge >= 0.3 is 0 Å². The fourth-order valence-corrected chi connectivity index (χ4v) is 5.36. The topological polar surface area (TPSA) is 34.2 Å². The van der Waals surface area contributed by atoms with Crippen LogP contribution in [0.4, 0.5) is 0 Å². The fourth-order valence-electron chi connectivity index (χ4n) is 5.36. The van der Waals surface area contributed by atoms with Crippen LogP contribution in [0.15, 0.2) is 18.5 Å². The van der Waals surface area contributed by atoms with Crippen LogP contribution >= 0.6 is 0 Å². The van der Waals surface area contributed by atoms with Crippen LogP contribution in [0.25, 0.3) is 0 Å². The molecular formula is C18H26N2O. The second kappa shape index (κ2) is 4.98. The van der Waals surface area contributed by atoms with E-state index in [-0.39, 0.29) is 6.10 Å². The Labute approximate surface area is 127 Å². The number of rotatable bonds is 5. The summed E-state index contributed by atoms with van der Waals surface area (Å²) in [5.41, 5.74) is 1.30. The van der Waals surface area contributed by atoms with Gasteiger partial charge in [-0.05, 0) is 81.4 Å². The molecule has 3 aliphatic carbocycles. The Morgan fingerprint density at radius 1 is 1.19 bits per heavy atom. The lowest BCUT2D eigenvalue weighted by Crippen LogP contribution is -2.22. The maximum atomic E-state index is 5.81. The monoisotopic (exact) mass is 286 g/mol. The van der Waals surface area contributed by atoms with Gasteiger partial charge in [0.25, 0.3) is 0 Å². The summed E-state index contributed by atoms with van der Waals surface area (Å²) in [5, 5.41) is 3.56. The molecule has 0 aliphatic heterocycles. The molecule has 5 atom stereocenters. The first-order chi connectivity index (χ1) is 10.2. The summed E-state index contributed by atoms with van der Waals surface area (Å²) in [4.78, 5) is 4.40. The van der Waals surface area contributed by atoms with Gasteiger partial charge in [-0.15, -0.1) is 0 Å². The Bertz CT molecular complexity index is 514. The van der Waals surface area contributed by atoms with Gasteiger partial charge in [0.1, 0.15) is 5.75 Å². The van der Waals surface area contributed by atoms with Gasteiger partial charge in [-0.3, -0.25) is 4.98 Å². The molecule has 0 radical (unpaired) electrons. The van der Waals surface area contributed by atoms with Crippen LogP contribution < -0.4 is 10.1 Å². The van der Waals surface area contributed by atoms with E-state index in [4.69, 9.17) is 4.74 Å². The Balaban J connectivity index is 1.54. The van der Waals surface area contributed by atoms with Gasteiger partial charge in [-0.25, -0.2) is 0 Å². The molecule has 3 fully saturated rings. The van der Waals surface area contributed by atoms with Gasteiger partial charge in [-0.2, -0.15) is 0 Å². The number of nitrogens with zero attached hydrogens (tertiary/aromatic N) is 1. The second-order valence-electron chi connectivity index (χ2n) is 7.45. The van der Waals surface area contributed by atoms with E-state index in [1.54, 1.807) is 0 Å². The summed E-state index contributed by atoms with van der Waals surface area (Å²) < 4.78 is 5.81. The van der Waals surface area contributed by atoms with Gasteiger partial charge in [-0.1, -0.05) is 0 Å².